The first-order chi connectivity index (χ1) is 8.72. The molecule has 1 aliphatic rings. The molecular weight excluding hydrogens is 232 g/mol. The lowest BCUT2D eigenvalue weighted by Gasteiger charge is -2.45. The van der Waals surface area contributed by atoms with Gasteiger partial charge in [-0.2, -0.15) is 0 Å². The summed E-state index contributed by atoms with van der Waals surface area (Å²) < 4.78 is 0. The van der Waals surface area contributed by atoms with E-state index in [4.69, 9.17) is 0 Å². The molecule has 0 spiro atoms. The molecule has 0 radical (unpaired) electrons. The summed E-state index contributed by atoms with van der Waals surface area (Å²) in [7, 11) is 2.30. The molecule has 1 N–H and O–H groups in total. The number of nitrogens with one attached hydrogen (secondary N) is 1. The molecule has 1 fully saturated rings. The first-order valence-electron chi connectivity index (χ1n) is 8.16. The quantitative estimate of drug-likeness (QED) is 0.785. The van der Waals surface area contributed by atoms with Gasteiger partial charge in [-0.3, -0.25) is 0 Å². The summed E-state index contributed by atoms with van der Waals surface area (Å²) in [5.41, 5.74) is 0.839. The molecule has 0 bridgehead atoms. The Morgan fingerprint density at radius 2 is 1.89 bits per heavy atom. The van der Waals surface area contributed by atoms with E-state index in [1.165, 1.54) is 32.2 Å². The Balaban J connectivity index is 2.69. The Hall–Kier alpha value is -0.0800. The van der Waals surface area contributed by atoms with Crippen molar-refractivity contribution in [3.63, 3.8) is 0 Å². The van der Waals surface area contributed by atoms with Crippen LogP contribution in [0, 0.1) is 11.3 Å². The van der Waals surface area contributed by atoms with Gasteiger partial charge in [-0.25, -0.2) is 0 Å². The van der Waals surface area contributed by atoms with E-state index in [1.54, 1.807) is 0 Å². The average molecular weight is 268 g/mol. The minimum Gasteiger partial charge on any atom is -0.314 e. The fourth-order valence-electron chi connectivity index (χ4n) is 3.33. The van der Waals surface area contributed by atoms with Crippen LogP contribution in [0.3, 0.4) is 0 Å². The maximum absolute atomic E-state index is 3.72. The normalized spacial score (nSPS) is 27.8. The Kier molecular flexibility index (Phi) is 5.88. The van der Waals surface area contributed by atoms with Gasteiger partial charge in [0.2, 0.25) is 0 Å². The average Bonchev–Trinajstić information content (AvgIpc) is 2.32. The highest BCUT2D eigenvalue weighted by Gasteiger charge is 2.36. The molecular formula is C17H36N2. The van der Waals surface area contributed by atoms with E-state index in [-0.39, 0.29) is 0 Å². The van der Waals surface area contributed by atoms with Crippen molar-refractivity contribution in [2.24, 2.45) is 11.3 Å². The van der Waals surface area contributed by atoms with Crippen LogP contribution in [0.1, 0.15) is 67.2 Å². The lowest BCUT2D eigenvalue weighted by Crippen LogP contribution is -2.50. The fourth-order valence-corrected chi connectivity index (χ4v) is 3.33. The van der Waals surface area contributed by atoms with Gasteiger partial charge in [-0.1, -0.05) is 27.7 Å². The van der Waals surface area contributed by atoms with Crippen LogP contribution in [0.5, 0.6) is 0 Å². The topological polar surface area (TPSA) is 15.3 Å². The van der Waals surface area contributed by atoms with Gasteiger partial charge >= 0.3 is 0 Å². The van der Waals surface area contributed by atoms with Crippen molar-refractivity contribution in [2.75, 3.05) is 20.1 Å². The van der Waals surface area contributed by atoms with Gasteiger partial charge in [0.15, 0.2) is 0 Å². The highest BCUT2D eigenvalue weighted by molar-refractivity contribution is 4.91. The van der Waals surface area contributed by atoms with Crippen molar-refractivity contribution in [1.29, 1.82) is 0 Å². The van der Waals surface area contributed by atoms with E-state index in [0.29, 0.717) is 17.0 Å². The minimum absolute atomic E-state index is 0.318. The molecule has 1 saturated carbocycles. The van der Waals surface area contributed by atoms with Crippen molar-refractivity contribution in [1.82, 2.24) is 10.2 Å². The molecule has 114 valence electrons. The molecule has 2 nitrogen and oxygen atoms in total. The predicted octanol–water partition coefficient (Wildman–Crippen LogP) is 3.91. The van der Waals surface area contributed by atoms with Crippen LogP contribution in [0.15, 0.2) is 0 Å². The Labute approximate surface area is 121 Å². The Morgan fingerprint density at radius 3 is 2.42 bits per heavy atom. The number of rotatable bonds is 6. The van der Waals surface area contributed by atoms with Crippen LogP contribution in [-0.2, 0) is 0 Å². The monoisotopic (exact) mass is 268 g/mol. The third-order valence-electron chi connectivity index (χ3n) is 5.39. The smallest absolute Gasteiger partial charge is 0.0147 e. The van der Waals surface area contributed by atoms with E-state index in [2.05, 4.69) is 58.8 Å². The van der Waals surface area contributed by atoms with Crippen molar-refractivity contribution in [3.8, 4) is 0 Å². The van der Waals surface area contributed by atoms with Crippen molar-refractivity contribution in [3.05, 3.63) is 0 Å². The van der Waals surface area contributed by atoms with Crippen LogP contribution in [-0.4, -0.2) is 36.6 Å². The predicted molar refractivity (Wildman–Crippen MR) is 85.6 cm³/mol. The molecule has 0 heterocycles. The zero-order valence-corrected chi connectivity index (χ0v) is 14.3. The minimum atomic E-state index is 0.318. The third-order valence-corrected chi connectivity index (χ3v) is 5.39. The van der Waals surface area contributed by atoms with Crippen LogP contribution in [0.4, 0.5) is 0 Å². The standard InChI is InChI=1S/C17H36N2/c1-8-17(5,6)19(7)13-14-12-16(3,4)11-10-15(14)18-9-2/h14-15,18H,8-13H2,1-7H3. The largest absolute Gasteiger partial charge is 0.314 e. The molecule has 1 rings (SSSR count). The second kappa shape index (κ2) is 6.58. The van der Waals surface area contributed by atoms with E-state index < -0.39 is 0 Å². The Morgan fingerprint density at radius 1 is 1.26 bits per heavy atom. The SMILES string of the molecule is CCNC1CCC(C)(C)CC1CN(C)C(C)(C)CC. The maximum Gasteiger partial charge on any atom is 0.0147 e. The van der Waals surface area contributed by atoms with Crippen molar-refractivity contribution >= 4 is 0 Å². The van der Waals surface area contributed by atoms with Crippen LogP contribution >= 0.6 is 0 Å². The molecule has 2 unspecified atom stereocenters. The molecule has 1 aliphatic carbocycles. The fraction of sp³-hybridized carbons (Fsp3) is 1.00. The van der Waals surface area contributed by atoms with Gasteiger partial charge in [-0.15, -0.1) is 0 Å². The summed E-state index contributed by atoms with van der Waals surface area (Å²) >= 11 is 0. The second-order valence-electron chi connectivity index (χ2n) is 7.88. The van der Waals surface area contributed by atoms with Gasteiger partial charge < -0.3 is 10.2 Å². The lowest BCUT2D eigenvalue weighted by atomic mass is 9.69. The number of nitrogens with zero attached hydrogens (tertiary/aromatic N) is 1. The van der Waals surface area contributed by atoms with Crippen LogP contribution < -0.4 is 5.32 Å². The molecule has 0 aromatic carbocycles. The van der Waals surface area contributed by atoms with E-state index >= 15 is 0 Å². The molecule has 0 aromatic rings. The first kappa shape index (κ1) is 17.0. The number of hydrogen-bond acceptors (Lipinski definition) is 2. The summed E-state index contributed by atoms with van der Waals surface area (Å²) in [6, 6.07) is 0.716. The van der Waals surface area contributed by atoms with Crippen molar-refractivity contribution < 1.29 is 0 Å². The summed E-state index contributed by atoms with van der Waals surface area (Å²) in [4.78, 5) is 2.57. The Bertz CT molecular complexity index is 270. The molecule has 19 heavy (non-hydrogen) atoms. The molecule has 2 atom stereocenters. The summed E-state index contributed by atoms with van der Waals surface area (Å²) in [6.45, 7) is 16.5. The third kappa shape index (κ3) is 4.75. The number of hydrogen-bond donors (Lipinski definition) is 1. The summed E-state index contributed by atoms with van der Waals surface area (Å²) in [6.07, 6.45) is 5.27. The lowest BCUT2D eigenvalue weighted by molar-refractivity contribution is 0.0669. The van der Waals surface area contributed by atoms with Gasteiger partial charge in [0, 0.05) is 18.1 Å². The van der Waals surface area contributed by atoms with Gasteiger partial charge in [0.1, 0.15) is 0 Å². The summed E-state index contributed by atoms with van der Waals surface area (Å²) in [5, 5.41) is 3.72. The molecule has 0 amide bonds. The highest BCUT2D eigenvalue weighted by Crippen LogP contribution is 2.39. The zero-order valence-electron chi connectivity index (χ0n) is 14.3. The molecule has 2 heteroatoms. The maximum atomic E-state index is 3.72. The zero-order chi connectivity index (χ0) is 14.7. The second-order valence-corrected chi connectivity index (χ2v) is 7.88. The van der Waals surface area contributed by atoms with E-state index in [1.807, 2.05) is 0 Å². The highest BCUT2D eigenvalue weighted by atomic mass is 15.2. The van der Waals surface area contributed by atoms with Crippen molar-refractivity contribution in [2.45, 2.75) is 78.8 Å². The van der Waals surface area contributed by atoms with Gasteiger partial charge in [0.25, 0.3) is 0 Å². The van der Waals surface area contributed by atoms with Crippen LogP contribution in [0.25, 0.3) is 0 Å². The summed E-state index contributed by atoms with van der Waals surface area (Å²) in [5.74, 6) is 0.791. The molecule has 0 aliphatic heterocycles. The van der Waals surface area contributed by atoms with E-state index in [9.17, 15) is 0 Å². The molecule has 0 saturated heterocycles. The van der Waals surface area contributed by atoms with Gasteiger partial charge in [0.05, 0.1) is 0 Å². The first-order valence-corrected chi connectivity index (χ1v) is 8.16. The van der Waals surface area contributed by atoms with Gasteiger partial charge in [-0.05, 0) is 64.5 Å². The van der Waals surface area contributed by atoms with E-state index in [0.717, 1.165) is 12.5 Å². The molecule has 0 aromatic heterocycles. The van der Waals surface area contributed by atoms with Crippen LogP contribution in [0.2, 0.25) is 0 Å².